The molecule has 3 nitrogen and oxygen atoms in total. The van der Waals surface area contributed by atoms with E-state index in [0.717, 1.165) is 57.8 Å². The molecule has 6 aliphatic carbocycles. The van der Waals surface area contributed by atoms with E-state index in [4.69, 9.17) is 0 Å². The Balaban J connectivity index is 0.000000180. The molecule has 3 aliphatic heterocycles. The van der Waals surface area contributed by atoms with E-state index in [0.29, 0.717) is 0 Å². The Morgan fingerprint density at radius 2 is 0.417 bits per heavy atom. The predicted molar refractivity (Wildman–Crippen MR) is 590 cm³/mol. The molecule has 0 spiro atoms. The highest BCUT2D eigenvalue weighted by molar-refractivity contribution is 6.23. The van der Waals surface area contributed by atoms with Crippen LogP contribution in [0.25, 0.3) is 149 Å². The number of hydrogen-bond acceptors (Lipinski definition) is 0. The fourth-order valence-corrected chi connectivity index (χ4v) is 21.3. The van der Waals surface area contributed by atoms with Crippen molar-refractivity contribution in [2.24, 2.45) is 0 Å². The molecule has 0 radical (unpaired) electrons. The van der Waals surface area contributed by atoms with Gasteiger partial charge in [0, 0.05) is 68.6 Å². The third-order valence-electron chi connectivity index (χ3n) is 25.2. The van der Waals surface area contributed by atoms with Crippen molar-refractivity contribution >= 4 is 65.4 Å². The van der Waals surface area contributed by atoms with E-state index in [-0.39, 0.29) is 0 Å². The van der Waals surface area contributed by atoms with Gasteiger partial charge in [-0.15, -0.1) is 0 Å². The fourth-order valence-electron chi connectivity index (χ4n) is 21.3. The van der Waals surface area contributed by atoms with E-state index in [9.17, 15) is 0 Å². The molecule has 18 aromatic rings. The second-order valence-electron chi connectivity index (χ2n) is 30.3. The molecular weight excluding hydrogens is 1590 g/mol. The molecule has 3 heteroatoms. The molecule has 0 fully saturated rings. The highest BCUT2D eigenvalue weighted by Crippen LogP contribution is 2.58. The Kier molecular flexibility index (Phi) is 36.8. The van der Waals surface area contributed by atoms with E-state index in [2.05, 4.69) is 287 Å². The standard InChI is InChI=1S/3C33H21N.15C2H6/c1-3-9-25-19(7-1)13-21-15-22-16-23-17-24-14-20-8-2-5-11-29(20)34-30-12-6-4-10-26(30)32(33(24)34)31(23)28(22)18-27(21)25;1-3-9-24-19(7-1)18-27-25(24)14-13-21-16-22-17-23-15-20-8-2-5-11-28(20)34-29-12-6-4-10-26(29)32(33(23)34)31(22)30(21)27;1-3-9-25-19(7-1)15-21-13-14-22-17-23-18-24-16-20-8-2-5-11-27(20)34-28-12-6-4-10-26(28)32(33(24)34)31(23)30(22)29(21)25;15*1-2/h1-12,15,17-18H,13-14,16H2;1-14,17H,15-16,18H2;1-14,18H,15-17H2;15*1-2H3. The molecule has 0 atom stereocenters. The number of nitrogens with zero attached hydrogens (tertiary/aromatic N) is 3. The topological polar surface area (TPSA) is 14.8 Å². The minimum atomic E-state index is 1.01. The van der Waals surface area contributed by atoms with Crippen LogP contribution in [0.5, 0.6) is 0 Å². The van der Waals surface area contributed by atoms with Crippen molar-refractivity contribution in [3.8, 4) is 83.8 Å². The summed E-state index contributed by atoms with van der Waals surface area (Å²) in [5.41, 5.74) is 56.2. The van der Waals surface area contributed by atoms with Gasteiger partial charge >= 0.3 is 0 Å². The summed E-state index contributed by atoms with van der Waals surface area (Å²) < 4.78 is 7.60. The van der Waals surface area contributed by atoms with Gasteiger partial charge < -0.3 is 13.7 Å². The number of aromatic nitrogens is 3. The predicted octanol–water partition coefficient (Wildman–Crippen LogP) is 38.9. The van der Waals surface area contributed by atoms with Crippen LogP contribution >= 0.6 is 0 Å². The van der Waals surface area contributed by atoms with E-state index in [1.54, 1.807) is 0 Å². The second kappa shape index (κ2) is 47.7. The summed E-state index contributed by atoms with van der Waals surface area (Å²) >= 11 is 0. The van der Waals surface area contributed by atoms with Gasteiger partial charge in [0.1, 0.15) is 0 Å². The average Bonchev–Trinajstić information content (AvgIpc) is 1.54. The third kappa shape index (κ3) is 17.3. The highest BCUT2D eigenvalue weighted by Gasteiger charge is 2.38. The minimum absolute atomic E-state index is 1.01. The number of para-hydroxylation sites is 6. The summed E-state index contributed by atoms with van der Waals surface area (Å²) in [6, 6.07) is 103. The van der Waals surface area contributed by atoms with E-state index in [1.165, 1.54) is 249 Å². The van der Waals surface area contributed by atoms with Crippen LogP contribution in [0.15, 0.2) is 273 Å². The average molecular weight is 1750 g/mol. The summed E-state index contributed by atoms with van der Waals surface area (Å²) in [6.07, 6.45) is 9.29. The van der Waals surface area contributed by atoms with Crippen molar-refractivity contribution in [2.75, 3.05) is 0 Å². The molecule has 0 bridgehead atoms. The first-order valence-electron chi connectivity index (χ1n) is 51.8. The van der Waals surface area contributed by atoms with Crippen molar-refractivity contribution in [3.63, 3.8) is 0 Å². The van der Waals surface area contributed by atoms with Crippen LogP contribution in [0.1, 0.15) is 308 Å². The van der Waals surface area contributed by atoms with Crippen LogP contribution in [0.2, 0.25) is 0 Å². The first-order valence-corrected chi connectivity index (χ1v) is 51.8. The summed E-state index contributed by atoms with van der Waals surface area (Å²) in [7, 11) is 0. The molecule has 27 rings (SSSR count). The molecule has 0 N–H and O–H groups in total. The van der Waals surface area contributed by atoms with E-state index in [1.807, 2.05) is 208 Å². The van der Waals surface area contributed by atoms with Gasteiger partial charge in [-0.2, -0.15) is 0 Å². The Morgan fingerprint density at radius 3 is 0.841 bits per heavy atom. The van der Waals surface area contributed by atoms with Gasteiger partial charge in [0.25, 0.3) is 0 Å². The summed E-state index contributed by atoms with van der Waals surface area (Å²) in [5.74, 6) is 0. The van der Waals surface area contributed by atoms with Crippen molar-refractivity contribution in [3.05, 3.63) is 373 Å². The number of fused-ring (bicyclic) bond motifs is 38. The Morgan fingerprint density at radius 1 is 0.152 bits per heavy atom. The van der Waals surface area contributed by atoms with Crippen molar-refractivity contribution < 1.29 is 0 Å². The zero-order chi connectivity index (χ0) is 95.9. The zero-order valence-electron chi connectivity index (χ0n) is 86.2. The molecule has 0 unspecified atom stereocenters. The van der Waals surface area contributed by atoms with Gasteiger partial charge in [0.2, 0.25) is 0 Å². The lowest BCUT2D eigenvalue weighted by Gasteiger charge is -2.22. The molecule has 132 heavy (non-hydrogen) atoms. The van der Waals surface area contributed by atoms with Crippen molar-refractivity contribution in [1.82, 2.24) is 13.7 Å². The summed E-state index contributed by atoms with van der Waals surface area (Å²) in [6.45, 7) is 60.0. The monoisotopic (exact) mass is 1740 g/mol. The van der Waals surface area contributed by atoms with Gasteiger partial charge in [0.05, 0.1) is 33.1 Å². The van der Waals surface area contributed by atoms with Crippen LogP contribution < -0.4 is 0 Å². The lowest BCUT2D eigenvalue weighted by Crippen LogP contribution is -2.08. The lowest BCUT2D eigenvalue weighted by atomic mass is 9.89. The normalized spacial score (nSPS) is 11.6. The molecule has 0 amide bonds. The lowest BCUT2D eigenvalue weighted by molar-refractivity contribution is 1.04. The van der Waals surface area contributed by atoms with Crippen LogP contribution in [0.3, 0.4) is 0 Å². The molecule has 684 valence electrons. The second-order valence-corrected chi connectivity index (χ2v) is 30.3. The maximum atomic E-state index is 2.54. The molecule has 9 aliphatic rings. The smallest absolute Gasteiger partial charge is 0.0583 e. The van der Waals surface area contributed by atoms with Crippen molar-refractivity contribution in [1.29, 1.82) is 0 Å². The Labute approximate surface area is 796 Å². The molecule has 0 saturated carbocycles. The quantitative estimate of drug-likeness (QED) is 0.144. The van der Waals surface area contributed by atoms with Gasteiger partial charge in [-0.1, -0.05) is 438 Å². The number of benzene rings is 15. The Bertz CT molecular complexity index is 6960. The third-order valence-corrected chi connectivity index (χ3v) is 25.2. The molecule has 0 saturated heterocycles. The van der Waals surface area contributed by atoms with Crippen LogP contribution in [-0.2, 0) is 57.8 Å². The SMILES string of the molecule is CC.CC.CC.CC.CC.CC.CC.CC.CC.CC.CC.CC.CC.CC.CC.c1ccc2c(c1)Cc1c-2ccc2c1-c1c(cc3c4c1c1ccccc1n4-c1ccccc1C3)C2.c1ccc2c(c1)Cc1cc3c(cc1-2)-c1c(cc2c4c1c1ccccc1n4-c1ccccc1C2)C3.c1ccc2c(c1)Cc1ccc3c(c1-2)-c1c(cc2c4c1c1ccccc1n4-c1ccccc1C2)C3. The van der Waals surface area contributed by atoms with Crippen LogP contribution in [0, 0.1) is 0 Å². The largest absolute Gasteiger partial charge is 0.309 e. The van der Waals surface area contributed by atoms with Gasteiger partial charge in [-0.05, 0) is 248 Å². The maximum Gasteiger partial charge on any atom is 0.0583 e. The maximum absolute atomic E-state index is 2.54. The highest BCUT2D eigenvalue weighted by atomic mass is 15.0. The fraction of sp³-hybridized carbons (Fsp3) is 0.302. The molecular formula is C129H153N3. The van der Waals surface area contributed by atoms with Crippen molar-refractivity contribution in [2.45, 2.75) is 265 Å². The van der Waals surface area contributed by atoms with Gasteiger partial charge in [-0.25, -0.2) is 0 Å². The van der Waals surface area contributed by atoms with Gasteiger partial charge in [-0.3, -0.25) is 0 Å². The van der Waals surface area contributed by atoms with E-state index >= 15 is 0 Å². The van der Waals surface area contributed by atoms with Gasteiger partial charge in [0.15, 0.2) is 0 Å². The zero-order valence-corrected chi connectivity index (χ0v) is 86.2. The number of rotatable bonds is 0. The minimum Gasteiger partial charge on any atom is -0.309 e. The van der Waals surface area contributed by atoms with E-state index < -0.39 is 0 Å². The molecule has 3 aromatic heterocycles. The first-order chi connectivity index (χ1) is 65.6. The Hall–Kier alpha value is -12.3. The number of hydrogen-bond donors (Lipinski definition) is 0. The first kappa shape index (κ1) is 102. The summed E-state index contributed by atoms with van der Waals surface area (Å²) in [4.78, 5) is 0. The molecule has 15 aromatic carbocycles. The molecule has 6 heterocycles. The van der Waals surface area contributed by atoms with Crippen LogP contribution in [0.4, 0.5) is 0 Å². The van der Waals surface area contributed by atoms with Crippen LogP contribution in [-0.4, -0.2) is 13.7 Å². The summed E-state index contributed by atoms with van der Waals surface area (Å²) in [5, 5.41) is 8.50.